The van der Waals surface area contributed by atoms with E-state index < -0.39 is 4.92 Å². The van der Waals surface area contributed by atoms with Gasteiger partial charge in [0.05, 0.1) is 22.9 Å². The average molecular weight is 413 g/mol. The monoisotopic (exact) mass is 413 g/mol. The molecule has 0 saturated carbocycles. The average Bonchev–Trinajstić information content (AvgIpc) is 2.72. The second-order valence-electron chi connectivity index (χ2n) is 7.99. The second-order valence-corrected chi connectivity index (χ2v) is 7.99. The van der Waals surface area contributed by atoms with Crippen molar-refractivity contribution in [1.29, 1.82) is 0 Å². The van der Waals surface area contributed by atoms with Gasteiger partial charge in [-0.25, -0.2) is 0 Å². The fourth-order valence-electron chi connectivity index (χ4n) is 3.85. The predicted molar refractivity (Wildman–Crippen MR) is 115 cm³/mol. The van der Waals surface area contributed by atoms with E-state index in [2.05, 4.69) is 36.8 Å². The zero-order valence-electron chi connectivity index (χ0n) is 17.6. The molecule has 4 rings (SSSR count). The van der Waals surface area contributed by atoms with Crippen LogP contribution >= 0.6 is 0 Å². The molecule has 1 aromatic carbocycles. The number of rotatable bonds is 6. The number of anilines is 3. The Bertz CT molecular complexity index is 929. The van der Waals surface area contributed by atoms with Gasteiger partial charge in [0.15, 0.2) is 17.3 Å². The van der Waals surface area contributed by atoms with Crippen LogP contribution in [0.3, 0.4) is 0 Å². The van der Waals surface area contributed by atoms with Crippen LogP contribution in [0.15, 0.2) is 24.4 Å². The van der Waals surface area contributed by atoms with E-state index in [1.165, 1.54) is 12.1 Å². The number of ether oxygens (including phenoxy) is 1. The van der Waals surface area contributed by atoms with E-state index >= 15 is 0 Å². The van der Waals surface area contributed by atoms with Crippen LogP contribution in [0.2, 0.25) is 0 Å². The molecule has 30 heavy (non-hydrogen) atoms. The van der Waals surface area contributed by atoms with Gasteiger partial charge in [0.2, 0.25) is 0 Å². The Morgan fingerprint density at radius 3 is 2.67 bits per heavy atom. The quantitative estimate of drug-likeness (QED) is 0.523. The minimum absolute atomic E-state index is 0.00625. The standard InChI is InChI=1S/C20H27N7O3/c1-23(2)7-4-8-26-16-6-5-15(27(28)29)13-17(16)30-18-14-21-22-20(19(18)26)25-11-9-24(3)10-12-25/h5-6,13-14H,4,7-12H2,1-3H3. The van der Waals surface area contributed by atoms with E-state index in [0.717, 1.165) is 62.9 Å². The number of aromatic nitrogens is 2. The van der Waals surface area contributed by atoms with E-state index in [1.807, 2.05) is 14.1 Å². The van der Waals surface area contributed by atoms with Crippen molar-refractivity contribution in [3.05, 3.63) is 34.5 Å². The molecule has 0 radical (unpaired) electrons. The molecule has 0 aliphatic carbocycles. The summed E-state index contributed by atoms with van der Waals surface area (Å²) in [5.74, 6) is 1.85. The van der Waals surface area contributed by atoms with Crippen molar-refractivity contribution in [2.75, 3.05) is 70.2 Å². The summed E-state index contributed by atoms with van der Waals surface area (Å²) in [7, 11) is 6.21. The maximum atomic E-state index is 11.2. The van der Waals surface area contributed by atoms with E-state index in [4.69, 9.17) is 4.74 Å². The smallest absolute Gasteiger partial charge is 0.273 e. The van der Waals surface area contributed by atoms with Gasteiger partial charge in [0, 0.05) is 38.8 Å². The number of nitro benzene ring substituents is 1. The second kappa shape index (κ2) is 8.41. The number of fused-ring (bicyclic) bond motifs is 2. The lowest BCUT2D eigenvalue weighted by molar-refractivity contribution is -0.384. The van der Waals surface area contributed by atoms with Crippen LogP contribution in [-0.2, 0) is 0 Å². The zero-order chi connectivity index (χ0) is 21.3. The predicted octanol–water partition coefficient (Wildman–Crippen LogP) is 2.33. The molecule has 10 heteroatoms. The van der Waals surface area contributed by atoms with E-state index in [1.54, 1.807) is 12.3 Å². The number of likely N-dealkylation sites (N-methyl/N-ethyl adjacent to an activating group) is 1. The molecule has 3 heterocycles. The molecule has 0 bridgehead atoms. The Labute approximate surface area is 175 Å². The Hall–Kier alpha value is -2.98. The SMILES string of the molecule is CN(C)CCCN1c2ccc([N+](=O)[O-])cc2Oc2cnnc(N3CCN(C)CC3)c21. The van der Waals surface area contributed by atoms with Crippen LogP contribution in [-0.4, -0.2) is 85.3 Å². The van der Waals surface area contributed by atoms with Gasteiger partial charge in [-0.3, -0.25) is 10.1 Å². The first-order valence-corrected chi connectivity index (χ1v) is 10.1. The molecular weight excluding hydrogens is 386 g/mol. The molecule has 0 spiro atoms. The van der Waals surface area contributed by atoms with Crippen LogP contribution in [0.4, 0.5) is 22.9 Å². The highest BCUT2D eigenvalue weighted by atomic mass is 16.6. The van der Waals surface area contributed by atoms with E-state index in [-0.39, 0.29) is 5.69 Å². The largest absolute Gasteiger partial charge is 0.451 e. The fraction of sp³-hybridized carbons (Fsp3) is 0.500. The van der Waals surface area contributed by atoms with E-state index in [0.29, 0.717) is 11.5 Å². The van der Waals surface area contributed by atoms with Gasteiger partial charge >= 0.3 is 0 Å². The van der Waals surface area contributed by atoms with Gasteiger partial charge in [-0.15, -0.1) is 5.10 Å². The van der Waals surface area contributed by atoms with Crippen LogP contribution in [0.5, 0.6) is 11.5 Å². The number of hydrogen-bond donors (Lipinski definition) is 0. The third kappa shape index (κ3) is 4.01. The van der Waals surface area contributed by atoms with Crippen molar-refractivity contribution in [3.63, 3.8) is 0 Å². The first kappa shape index (κ1) is 20.3. The molecule has 1 fully saturated rings. The summed E-state index contributed by atoms with van der Waals surface area (Å²) in [5, 5.41) is 19.9. The third-order valence-corrected chi connectivity index (χ3v) is 5.50. The van der Waals surface area contributed by atoms with Crippen molar-refractivity contribution in [1.82, 2.24) is 20.0 Å². The Morgan fingerprint density at radius 2 is 1.97 bits per heavy atom. The molecule has 0 N–H and O–H groups in total. The molecule has 0 atom stereocenters. The van der Waals surface area contributed by atoms with Crippen LogP contribution < -0.4 is 14.5 Å². The van der Waals surface area contributed by atoms with Gasteiger partial charge in [0.25, 0.3) is 5.69 Å². The van der Waals surface area contributed by atoms with Gasteiger partial charge in [-0.1, -0.05) is 0 Å². The number of benzene rings is 1. The molecule has 2 aromatic rings. The summed E-state index contributed by atoms with van der Waals surface area (Å²) < 4.78 is 6.08. The first-order valence-electron chi connectivity index (χ1n) is 10.1. The molecule has 10 nitrogen and oxygen atoms in total. The topological polar surface area (TPSA) is 91.1 Å². The summed E-state index contributed by atoms with van der Waals surface area (Å²) in [6.07, 6.45) is 2.52. The molecule has 1 aromatic heterocycles. The first-order chi connectivity index (χ1) is 14.4. The van der Waals surface area contributed by atoms with Crippen LogP contribution in [0.25, 0.3) is 0 Å². The minimum atomic E-state index is -0.407. The number of non-ortho nitro benzene ring substituents is 1. The highest BCUT2D eigenvalue weighted by Crippen LogP contribution is 2.50. The van der Waals surface area contributed by atoms with Crippen LogP contribution in [0, 0.1) is 10.1 Å². The highest BCUT2D eigenvalue weighted by Gasteiger charge is 2.32. The number of hydrogen-bond acceptors (Lipinski definition) is 9. The van der Waals surface area contributed by atoms with Gasteiger partial charge < -0.3 is 24.3 Å². The maximum absolute atomic E-state index is 11.2. The van der Waals surface area contributed by atoms with Gasteiger partial charge in [0.1, 0.15) is 5.69 Å². The Balaban J connectivity index is 1.74. The Kier molecular flexibility index (Phi) is 5.69. The number of nitrogens with zero attached hydrogens (tertiary/aromatic N) is 7. The summed E-state index contributed by atoms with van der Waals surface area (Å²) in [6.45, 7) is 5.30. The summed E-state index contributed by atoms with van der Waals surface area (Å²) in [4.78, 5) is 19.7. The van der Waals surface area contributed by atoms with Crippen molar-refractivity contribution in [2.45, 2.75) is 6.42 Å². The van der Waals surface area contributed by atoms with Crippen molar-refractivity contribution < 1.29 is 9.66 Å². The lowest BCUT2D eigenvalue weighted by Gasteiger charge is -2.38. The van der Waals surface area contributed by atoms with Crippen LogP contribution in [0.1, 0.15) is 6.42 Å². The normalized spacial score (nSPS) is 16.3. The molecule has 1 saturated heterocycles. The molecule has 0 unspecified atom stereocenters. The lowest BCUT2D eigenvalue weighted by Crippen LogP contribution is -2.45. The van der Waals surface area contributed by atoms with Crippen molar-refractivity contribution >= 4 is 22.9 Å². The molecule has 2 aliphatic rings. The highest BCUT2D eigenvalue weighted by molar-refractivity contribution is 5.85. The summed E-state index contributed by atoms with van der Waals surface area (Å²) >= 11 is 0. The molecule has 0 amide bonds. The summed E-state index contributed by atoms with van der Waals surface area (Å²) in [5.41, 5.74) is 1.71. The van der Waals surface area contributed by atoms with Crippen molar-refractivity contribution in [2.24, 2.45) is 0 Å². The molecule has 2 aliphatic heterocycles. The van der Waals surface area contributed by atoms with Gasteiger partial charge in [-0.2, -0.15) is 5.10 Å². The summed E-state index contributed by atoms with van der Waals surface area (Å²) in [6, 6.07) is 4.77. The third-order valence-electron chi connectivity index (χ3n) is 5.50. The van der Waals surface area contributed by atoms with Gasteiger partial charge in [-0.05, 0) is 40.2 Å². The van der Waals surface area contributed by atoms with Crippen molar-refractivity contribution in [3.8, 4) is 11.5 Å². The zero-order valence-corrected chi connectivity index (χ0v) is 17.6. The Morgan fingerprint density at radius 1 is 1.20 bits per heavy atom. The minimum Gasteiger partial charge on any atom is -0.451 e. The number of nitro groups is 1. The maximum Gasteiger partial charge on any atom is 0.273 e. The fourth-order valence-corrected chi connectivity index (χ4v) is 3.85. The van der Waals surface area contributed by atoms with E-state index in [9.17, 15) is 10.1 Å². The molecular formula is C20H27N7O3. The molecule has 160 valence electrons. The number of piperazine rings is 1. The lowest BCUT2D eigenvalue weighted by atomic mass is 10.1.